The van der Waals surface area contributed by atoms with Crippen molar-refractivity contribution >= 4 is 0 Å². The first-order valence-electron chi connectivity index (χ1n) is 11.5. The number of aryl methyl sites for hydroxylation is 1. The van der Waals surface area contributed by atoms with Crippen LogP contribution in [0.2, 0.25) is 0 Å². The predicted molar refractivity (Wildman–Crippen MR) is 116 cm³/mol. The van der Waals surface area contributed by atoms with E-state index in [1.807, 2.05) is 18.2 Å². The summed E-state index contributed by atoms with van der Waals surface area (Å²) in [7, 11) is 0. The van der Waals surface area contributed by atoms with Crippen LogP contribution in [-0.2, 0) is 22.4 Å². The standard InChI is InChI=1S/C24H30N2O5/c27-24-25-23(31-11-8-20-16-28-12-13-30-20)15-22-21-6-5-19(14-18(21)7-9-26(22)24)29-10-1-2-17-3-4-17/h5-6,14-15,17,20H,1-4,7-13,16H2. The van der Waals surface area contributed by atoms with Crippen molar-refractivity contribution in [3.8, 4) is 22.9 Å². The summed E-state index contributed by atoms with van der Waals surface area (Å²) < 4.78 is 24.5. The highest BCUT2D eigenvalue weighted by Gasteiger charge is 2.21. The van der Waals surface area contributed by atoms with Crippen LogP contribution in [-0.4, -0.2) is 48.7 Å². The number of ether oxygens (including phenoxy) is 4. The highest BCUT2D eigenvalue weighted by atomic mass is 16.6. The third-order valence-corrected chi connectivity index (χ3v) is 6.24. The molecule has 1 atom stereocenters. The van der Waals surface area contributed by atoms with E-state index in [1.54, 1.807) is 4.57 Å². The van der Waals surface area contributed by atoms with Crippen molar-refractivity contribution in [2.75, 3.05) is 33.0 Å². The van der Waals surface area contributed by atoms with Gasteiger partial charge in [-0.3, -0.25) is 4.57 Å². The Morgan fingerprint density at radius 1 is 1.10 bits per heavy atom. The zero-order valence-corrected chi connectivity index (χ0v) is 17.9. The van der Waals surface area contributed by atoms with Gasteiger partial charge in [0.2, 0.25) is 5.88 Å². The Balaban J connectivity index is 1.25. The molecule has 0 N–H and O–H groups in total. The third-order valence-electron chi connectivity index (χ3n) is 6.24. The molecule has 5 rings (SSSR count). The number of rotatable bonds is 9. The zero-order valence-electron chi connectivity index (χ0n) is 17.9. The van der Waals surface area contributed by atoms with Gasteiger partial charge in [0, 0.05) is 24.6 Å². The molecule has 2 aliphatic heterocycles. The molecule has 1 aromatic heterocycles. The van der Waals surface area contributed by atoms with Crippen molar-refractivity contribution in [2.45, 2.75) is 51.2 Å². The molecule has 2 aromatic rings. The van der Waals surface area contributed by atoms with Gasteiger partial charge in [-0.25, -0.2) is 4.79 Å². The fourth-order valence-corrected chi connectivity index (χ4v) is 4.31. The van der Waals surface area contributed by atoms with Gasteiger partial charge in [-0.2, -0.15) is 4.98 Å². The van der Waals surface area contributed by atoms with E-state index < -0.39 is 0 Å². The highest BCUT2D eigenvalue weighted by molar-refractivity contribution is 5.67. The van der Waals surface area contributed by atoms with Crippen molar-refractivity contribution in [2.24, 2.45) is 5.92 Å². The molecule has 3 heterocycles. The number of nitrogens with zero attached hydrogens (tertiary/aromatic N) is 2. The number of fused-ring (bicyclic) bond motifs is 3. The lowest BCUT2D eigenvalue weighted by Crippen LogP contribution is -2.30. The van der Waals surface area contributed by atoms with Crippen LogP contribution in [0, 0.1) is 5.92 Å². The largest absolute Gasteiger partial charge is 0.494 e. The molecule has 3 aliphatic rings. The Labute approximate surface area is 182 Å². The smallest absolute Gasteiger partial charge is 0.351 e. The third kappa shape index (κ3) is 5.10. The molecular weight excluding hydrogens is 396 g/mol. The first-order chi connectivity index (χ1) is 15.3. The minimum Gasteiger partial charge on any atom is -0.494 e. The molecule has 0 bridgehead atoms. The normalized spacial score (nSPS) is 20.1. The first kappa shape index (κ1) is 20.5. The summed E-state index contributed by atoms with van der Waals surface area (Å²) in [6, 6.07) is 8.03. The molecule has 2 fully saturated rings. The average Bonchev–Trinajstić information content (AvgIpc) is 3.62. The summed E-state index contributed by atoms with van der Waals surface area (Å²) in [5.74, 6) is 2.21. The minimum absolute atomic E-state index is 0.0379. The van der Waals surface area contributed by atoms with Crippen molar-refractivity contribution in [1.82, 2.24) is 9.55 Å². The molecular formula is C24H30N2O5. The molecule has 1 aliphatic carbocycles. The molecule has 1 saturated heterocycles. The van der Waals surface area contributed by atoms with Crippen LogP contribution >= 0.6 is 0 Å². The summed E-state index contributed by atoms with van der Waals surface area (Å²) in [5.41, 5.74) is 2.83. The van der Waals surface area contributed by atoms with Crippen LogP contribution < -0.4 is 15.2 Å². The van der Waals surface area contributed by atoms with Gasteiger partial charge >= 0.3 is 5.69 Å². The molecule has 0 radical (unpaired) electrons. The summed E-state index contributed by atoms with van der Waals surface area (Å²) >= 11 is 0. The number of hydrogen-bond donors (Lipinski definition) is 0. The van der Waals surface area contributed by atoms with E-state index in [1.165, 1.54) is 24.8 Å². The van der Waals surface area contributed by atoms with Gasteiger partial charge in [0.1, 0.15) is 5.75 Å². The van der Waals surface area contributed by atoms with E-state index in [-0.39, 0.29) is 11.8 Å². The van der Waals surface area contributed by atoms with E-state index in [0.717, 1.165) is 42.4 Å². The second-order valence-electron chi connectivity index (χ2n) is 8.62. The van der Waals surface area contributed by atoms with Crippen molar-refractivity contribution in [1.29, 1.82) is 0 Å². The number of hydrogen-bond acceptors (Lipinski definition) is 6. The minimum atomic E-state index is -0.268. The van der Waals surface area contributed by atoms with Gasteiger partial charge in [0.15, 0.2) is 0 Å². The lowest BCUT2D eigenvalue weighted by molar-refractivity contribution is -0.0936. The van der Waals surface area contributed by atoms with E-state index >= 15 is 0 Å². The first-order valence-corrected chi connectivity index (χ1v) is 11.5. The SMILES string of the molecule is O=c1nc(OCCC2COCCO2)cc2n1CCc1cc(OCCCC3CC3)ccc1-2. The summed E-state index contributed by atoms with van der Waals surface area (Å²) in [5, 5.41) is 0. The van der Waals surface area contributed by atoms with Gasteiger partial charge < -0.3 is 18.9 Å². The van der Waals surface area contributed by atoms with E-state index in [0.29, 0.717) is 45.3 Å². The van der Waals surface area contributed by atoms with Crippen LogP contribution in [0.4, 0.5) is 0 Å². The maximum Gasteiger partial charge on any atom is 0.351 e. The van der Waals surface area contributed by atoms with Gasteiger partial charge in [0.05, 0.1) is 44.8 Å². The Morgan fingerprint density at radius 3 is 2.87 bits per heavy atom. The summed E-state index contributed by atoms with van der Waals surface area (Å²) in [6.07, 6.45) is 6.71. The lowest BCUT2D eigenvalue weighted by atomic mass is 9.97. The van der Waals surface area contributed by atoms with Gasteiger partial charge in [-0.1, -0.05) is 12.8 Å². The lowest BCUT2D eigenvalue weighted by Gasteiger charge is -2.23. The quantitative estimate of drug-likeness (QED) is 0.574. The van der Waals surface area contributed by atoms with Crippen LogP contribution in [0.25, 0.3) is 11.3 Å². The molecule has 7 heteroatoms. The Bertz CT molecular complexity index is 963. The van der Waals surface area contributed by atoms with E-state index in [4.69, 9.17) is 18.9 Å². The van der Waals surface area contributed by atoms with Crippen molar-refractivity contribution in [3.05, 3.63) is 40.3 Å². The fraction of sp³-hybridized carbons (Fsp3) is 0.583. The van der Waals surface area contributed by atoms with Crippen LogP contribution in [0.3, 0.4) is 0 Å². The number of aromatic nitrogens is 2. The monoisotopic (exact) mass is 426 g/mol. The highest BCUT2D eigenvalue weighted by Crippen LogP contribution is 2.34. The molecule has 1 saturated carbocycles. The Kier molecular flexibility index (Phi) is 6.22. The summed E-state index contributed by atoms with van der Waals surface area (Å²) in [6.45, 7) is 3.67. The second-order valence-corrected chi connectivity index (χ2v) is 8.62. The number of benzene rings is 1. The van der Waals surface area contributed by atoms with E-state index in [2.05, 4.69) is 11.1 Å². The van der Waals surface area contributed by atoms with Crippen molar-refractivity contribution in [3.63, 3.8) is 0 Å². The maximum atomic E-state index is 12.6. The van der Waals surface area contributed by atoms with Crippen LogP contribution in [0.5, 0.6) is 11.6 Å². The van der Waals surface area contributed by atoms with Crippen molar-refractivity contribution < 1.29 is 18.9 Å². The van der Waals surface area contributed by atoms with Gasteiger partial charge in [-0.15, -0.1) is 0 Å². The van der Waals surface area contributed by atoms with E-state index in [9.17, 15) is 4.79 Å². The Morgan fingerprint density at radius 2 is 2.03 bits per heavy atom. The summed E-state index contributed by atoms with van der Waals surface area (Å²) in [4.78, 5) is 16.7. The Hall–Kier alpha value is -2.38. The average molecular weight is 427 g/mol. The van der Waals surface area contributed by atoms with Crippen LogP contribution in [0.1, 0.15) is 37.7 Å². The molecule has 0 spiro atoms. The van der Waals surface area contributed by atoms with Crippen LogP contribution in [0.15, 0.2) is 29.1 Å². The zero-order chi connectivity index (χ0) is 21.0. The fourth-order valence-electron chi connectivity index (χ4n) is 4.31. The van der Waals surface area contributed by atoms with Gasteiger partial charge in [-0.05, 0) is 48.9 Å². The molecule has 31 heavy (non-hydrogen) atoms. The molecule has 1 aromatic carbocycles. The molecule has 7 nitrogen and oxygen atoms in total. The molecule has 166 valence electrons. The second kappa shape index (κ2) is 9.40. The predicted octanol–water partition coefficient (Wildman–Crippen LogP) is 3.22. The molecule has 0 amide bonds. The molecule has 1 unspecified atom stereocenters. The topological polar surface area (TPSA) is 71.8 Å². The van der Waals surface area contributed by atoms with Gasteiger partial charge in [0.25, 0.3) is 0 Å². The maximum absolute atomic E-state index is 12.6.